The molecule has 4 rings (SSSR count). The quantitative estimate of drug-likeness (QED) is 0.250. The molecule has 0 unspecified atom stereocenters. The van der Waals surface area contributed by atoms with Crippen LogP contribution in [-0.2, 0) is 10.8 Å². The Morgan fingerprint density at radius 2 is 1.24 bits per heavy atom. The number of rotatable bonds is 8. The van der Waals surface area contributed by atoms with Crippen molar-refractivity contribution in [1.82, 2.24) is 0 Å². The van der Waals surface area contributed by atoms with Crippen molar-refractivity contribution in [2.75, 3.05) is 13.2 Å². The predicted molar refractivity (Wildman–Crippen MR) is 124 cm³/mol. The van der Waals surface area contributed by atoms with Crippen molar-refractivity contribution < 1.29 is 40.2 Å². The van der Waals surface area contributed by atoms with Crippen LogP contribution >= 0.6 is 0 Å². The van der Waals surface area contributed by atoms with Crippen LogP contribution in [0.4, 0.5) is 30.7 Å². The van der Waals surface area contributed by atoms with Crippen LogP contribution in [0.1, 0.15) is 75.3 Å². The lowest BCUT2D eigenvalue weighted by atomic mass is 9.68. The molecule has 0 radical (unpaired) electrons. The maximum Gasteiger partial charge on any atom is 0.432 e. The summed E-state index contributed by atoms with van der Waals surface area (Å²) in [6.07, 6.45) is 3.28. The van der Waals surface area contributed by atoms with Gasteiger partial charge in [0.05, 0.1) is 0 Å². The number of alkyl halides is 2. The highest BCUT2D eigenvalue weighted by Crippen LogP contribution is 2.45. The topological polar surface area (TPSA) is 18.5 Å². The summed E-state index contributed by atoms with van der Waals surface area (Å²) in [4.78, 5) is 0. The minimum absolute atomic E-state index is 0.154. The fourth-order valence-corrected chi connectivity index (χ4v) is 5.93. The van der Waals surface area contributed by atoms with Crippen molar-refractivity contribution >= 4 is 0 Å². The van der Waals surface area contributed by atoms with Gasteiger partial charge in [-0.1, -0.05) is 0 Å². The molecule has 204 valence electrons. The van der Waals surface area contributed by atoms with E-state index in [1.165, 1.54) is 0 Å². The number of halogens is 7. The second-order valence-corrected chi connectivity index (χ2v) is 10.2. The summed E-state index contributed by atoms with van der Waals surface area (Å²) >= 11 is 0. The highest BCUT2D eigenvalue weighted by Gasteiger charge is 2.42. The van der Waals surface area contributed by atoms with Crippen molar-refractivity contribution in [3.05, 3.63) is 64.5 Å². The van der Waals surface area contributed by atoms with Crippen molar-refractivity contribution in [2.45, 2.75) is 70.3 Å². The van der Waals surface area contributed by atoms with Gasteiger partial charge in [0.1, 0.15) is 22.9 Å². The first-order valence-corrected chi connectivity index (χ1v) is 12.9. The molecule has 2 nitrogen and oxygen atoms in total. The normalized spacial score (nSPS) is 24.8. The van der Waals surface area contributed by atoms with Gasteiger partial charge in [-0.2, -0.15) is 8.78 Å². The van der Waals surface area contributed by atoms with Crippen LogP contribution in [0.25, 0.3) is 0 Å². The van der Waals surface area contributed by atoms with Crippen LogP contribution in [0.5, 0.6) is 5.75 Å². The molecule has 0 saturated heterocycles. The van der Waals surface area contributed by atoms with Gasteiger partial charge in [-0.05, 0) is 99.7 Å². The molecule has 0 aliphatic heterocycles. The Morgan fingerprint density at radius 3 is 1.76 bits per heavy atom. The maximum atomic E-state index is 14.8. The molecule has 0 bridgehead atoms. The lowest BCUT2D eigenvalue weighted by molar-refractivity contribution is -0.189. The van der Waals surface area contributed by atoms with Gasteiger partial charge < -0.3 is 9.47 Å². The second-order valence-electron chi connectivity index (χ2n) is 10.2. The van der Waals surface area contributed by atoms with Gasteiger partial charge in [0.25, 0.3) is 0 Å². The highest BCUT2D eigenvalue weighted by molar-refractivity contribution is 5.33. The first-order chi connectivity index (χ1) is 17.6. The molecule has 37 heavy (non-hydrogen) atoms. The molecule has 2 fully saturated rings. The average Bonchev–Trinajstić information content (AvgIpc) is 2.85. The minimum Gasteiger partial charge on any atom is -0.429 e. The molecular formula is C28H31F7O2. The fraction of sp³-hybridized carbons (Fsp3) is 0.571. The second kappa shape index (κ2) is 11.6. The number of benzene rings is 2. The van der Waals surface area contributed by atoms with E-state index in [-0.39, 0.29) is 18.1 Å². The molecule has 2 aliphatic carbocycles. The fourth-order valence-electron chi connectivity index (χ4n) is 5.93. The molecule has 0 heterocycles. The van der Waals surface area contributed by atoms with Gasteiger partial charge in [-0.15, -0.1) is 0 Å². The Labute approximate surface area is 212 Å². The predicted octanol–water partition coefficient (Wildman–Crippen LogP) is 8.63. The first kappa shape index (κ1) is 27.7. The third-order valence-corrected chi connectivity index (χ3v) is 7.92. The summed E-state index contributed by atoms with van der Waals surface area (Å²) in [5.74, 6) is -7.91. The summed E-state index contributed by atoms with van der Waals surface area (Å²) in [5.41, 5.74) is -1.37. The molecular weight excluding hydrogens is 501 g/mol. The average molecular weight is 533 g/mol. The van der Waals surface area contributed by atoms with Crippen molar-refractivity contribution in [3.63, 3.8) is 0 Å². The van der Waals surface area contributed by atoms with Crippen LogP contribution in [0.2, 0.25) is 0 Å². The molecule has 2 aliphatic rings. The Hall–Kier alpha value is -2.29. The Kier molecular flexibility index (Phi) is 8.71. The van der Waals surface area contributed by atoms with Gasteiger partial charge in [0, 0.05) is 25.3 Å². The first-order valence-electron chi connectivity index (χ1n) is 12.9. The van der Waals surface area contributed by atoms with E-state index in [9.17, 15) is 30.7 Å². The summed E-state index contributed by atoms with van der Waals surface area (Å²) in [6, 6.07) is 2.12. The van der Waals surface area contributed by atoms with Gasteiger partial charge in [0.2, 0.25) is 0 Å². The molecule has 0 aromatic heterocycles. The third kappa shape index (κ3) is 6.41. The largest absolute Gasteiger partial charge is 0.432 e. The van der Waals surface area contributed by atoms with Gasteiger partial charge in [0.15, 0.2) is 17.5 Å². The van der Waals surface area contributed by atoms with E-state index < -0.39 is 46.5 Å². The van der Waals surface area contributed by atoms with E-state index >= 15 is 0 Å². The molecule has 2 aromatic rings. The van der Waals surface area contributed by atoms with Gasteiger partial charge in [-0.25, -0.2) is 22.0 Å². The molecule has 0 spiro atoms. The summed E-state index contributed by atoms with van der Waals surface area (Å²) in [7, 11) is 0. The zero-order valence-corrected chi connectivity index (χ0v) is 20.7. The maximum absolute atomic E-state index is 14.8. The number of ether oxygens (including phenoxy) is 2. The van der Waals surface area contributed by atoms with Crippen molar-refractivity contribution in [1.29, 1.82) is 0 Å². The van der Waals surface area contributed by atoms with E-state index in [4.69, 9.17) is 4.74 Å². The Bertz CT molecular complexity index is 1030. The summed E-state index contributed by atoms with van der Waals surface area (Å²) in [5, 5.41) is 0. The number of hydrogen-bond acceptors (Lipinski definition) is 2. The molecule has 0 amide bonds. The highest BCUT2D eigenvalue weighted by atomic mass is 19.3. The molecule has 9 heteroatoms. The van der Waals surface area contributed by atoms with Crippen LogP contribution in [0.3, 0.4) is 0 Å². The molecule has 2 saturated carbocycles. The lowest BCUT2D eigenvalue weighted by Crippen LogP contribution is -2.27. The standard InChI is InChI=1S/C28H31F7O2/c1-2-36-15-16-3-5-17(6-4-16)18-7-9-19(10-8-18)20-11-22(29)26(23(30)12-20)28(34,35)37-21-13-24(31)27(33)25(32)14-21/h11-14,16-19H,2-10,15H2,1H3. The molecule has 0 N–H and O–H groups in total. The molecule has 2 aromatic carbocycles. The van der Waals surface area contributed by atoms with Crippen LogP contribution in [0.15, 0.2) is 24.3 Å². The van der Waals surface area contributed by atoms with E-state index in [0.717, 1.165) is 63.9 Å². The number of hydrogen-bond donors (Lipinski definition) is 0. The van der Waals surface area contributed by atoms with E-state index in [2.05, 4.69) is 4.74 Å². The van der Waals surface area contributed by atoms with Crippen molar-refractivity contribution in [2.24, 2.45) is 17.8 Å². The van der Waals surface area contributed by atoms with Crippen LogP contribution < -0.4 is 4.74 Å². The zero-order chi connectivity index (χ0) is 26.7. The van der Waals surface area contributed by atoms with Gasteiger partial charge >= 0.3 is 6.11 Å². The van der Waals surface area contributed by atoms with Crippen molar-refractivity contribution in [3.8, 4) is 5.75 Å². The SMILES string of the molecule is CCOCC1CCC(C2CCC(c3cc(F)c(C(F)(F)Oc4cc(F)c(F)c(F)c4)c(F)c3)CC2)CC1. The smallest absolute Gasteiger partial charge is 0.429 e. The van der Waals surface area contributed by atoms with Gasteiger partial charge in [-0.3, -0.25) is 0 Å². The molecule has 0 atom stereocenters. The van der Waals surface area contributed by atoms with Crippen LogP contribution in [0, 0.1) is 46.8 Å². The summed E-state index contributed by atoms with van der Waals surface area (Å²) < 4.78 is 108. The Balaban J connectivity index is 1.39. The lowest BCUT2D eigenvalue weighted by Gasteiger charge is -2.38. The van der Waals surface area contributed by atoms with Crippen LogP contribution in [-0.4, -0.2) is 13.2 Å². The van der Waals surface area contributed by atoms with E-state index in [0.29, 0.717) is 36.2 Å². The van der Waals surface area contributed by atoms with E-state index in [1.54, 1.807) is 0 Å². The zero-order valence-electron chi connectivity index (χ0n) is 20.7. The third-order valence-electron chi connectivity index (χ3n) is 7.92. The Morgan fingerprint density at radius 1 is 0.730 bits per heavy atom. The monoisotopic (exact) mass is 532 g/mol. The minimum atomic E-state index is -4.58. The summed E-state index contributed by atoms with van der Waals surface area (Å²) in [6.45, 7) is 3.53. The van der Waals surface area contributed by atoms with E-state index in [1.807, 2.05) is 6.92 Å².